The molecule has 0 amide bonds. The molecule has 16 heavy (non-hydrogen) atoms. The average molecular weight is 311 g/mol. The SMILES string of the molecule is C=CC(=O)OCC.C[Si](C)(C)[Si]([SiH3])([SiH3])[SiH2]O. The van der Waals surface area contributed by atoms with Gasteiger partial charge in [-0.25, -0.2) is 4.79 Å². The number of rotatable bonds is 4. The second-order valence-corrected chi connectivity index (χ2v) is 64.5. The minimum absolute atomic E-state index is 0.359. The molecule has 8 heteroatoms. The van der Waals surface area contributed by atoms with Gasteiger partial charge in [-0.05, 0) is 26.4 Å². The van der Waals surface area contributed by atoms with Gasteiger partial charge < -0.3 is 9.53 Å². The lowest BCUT2D eigenvalue weighted by Gasteiger charge is -2.32. The molecule has 0 aliphatic carbocycles. The summed E-state index contributed by atoms with van der Waals surface area (Å²) in [4.78, 5) is 19.3. The maximum absolute atomic E-state index is 10.1. The van der Waals surface area contributed by atoms with E-state index < -0.39 is 23.0 Å². The Morgan fingerprint density at radius 3 is 2.00 bits per heavy atom. The average Bonchev–Trinajstić information content (AvgIpc) is 2.17. The Balaban J connectivity index is 0. The Bertz CT molecular complexity index is 224. The van der Waals surface area contributed by atoms with Crippen LogP contribution in [-0.4, -0.2) is 59.9 Å². The van der Waals surface area contributed by atoms with E-state index in [-0.39, 0.29) is 5.97 Å². The maximum Gasteiger partial charge on any atom is 0.330 e. The predicted molar refractivity (Wildman–Crippen MR) is 86.6 cm³/mol. The van der Waals surface area contributed by atoms with Gasteiger partial charge in [0.05, 0.1) is 6.61 Å². The first kappa shape index (κ1) is 18.6. The molecule has 0 aromatic heterocycles. The van der Waals surface area contributed by atoms with Crippen LogP contribution >= 0.6 is 0 Å². The van der Waals surface area contributed by atoms with Crippen molar-refractivity contribution in [1.82, 2.24) is 0 Å². The molecule has 0 aromatic rings. The van der Waals surface area contributed by atoms with Gasteiger partial charge in [0, 0.05) is 19.8 Å². The monoisotopic (exact) mass is 310 g/mol. The number of ether oxygens (including phenoxy) is 1. The Morgan fingerprint density at radius 2 is 1.94 bits per heavy atom. The van der Waals surface area contributed by atoms with E-state index in [1.54, 1.807) is 6.92 Å². The summed E-state index contributed by atoms with van der Waals surface area (Å²) in [6, 6.07) is 0. The summed E-state index contributed by atoms with van der Waals surface area (Å²) >= 11 is 0. The standard InChI is InChI=1S/C5H8O2.C3H18OSi5/c1-3-5(6)7-4-2;1-8(2,3)9(5,6)7-4/h3H,1,4H2,2H3;4H,7H2,1-3,5-6H3. The molecular weight excluding hydrogens is 285 g/mol. The molecule has 0 radical (unpaired) electrons. The summed E-state index contributed by atoms with van der Waals surface area (Å²) in [6.07, 6.45) is 0.375. The molecule has 0 spiro atoms. The van der Waals surface area contributed by atoms with Gasteiger partial charge in [-0.3, -0.25) is 0 Å². The van der Waals surface area contributed by atoms with Crippen molar-refractivity contribution in [2.24, 2.45) is 0 Å². The van der Waals surface area contributed by atoms with Gasteiger partial charge in [0.1, 0.15) is 9.28 Å². The Morgan fingerprint density at radius 1 is 1.50 bits per heavy atom. The molecule has 0 saturated heterocycles. The van der Waals surface area contributed by atoms with Crippen LogP contribution in [0.5, 0.6) is 0 Å². The Kier molecular flexibility index (Phi) is 9.73. The Labute approximate surface area is 109 Å². The molecule has 1 N–H and O–H groups in total. The number of esters is 1. The molecule has 0 aliphatic heterocycles. The molecule has 0 unspecified atom stereocenters. The summed E-state index contributed by atoms with van der Waals surface area (Å²) in [6.45, 7) is 12.7. The zero-order valence-electron chi connectivity index (χ0n) is 11.5. The molecular formula is C8H26O3Si5. The van der Waals surface area contributed by atoms with Crippen molar-refractivity contribution in [2.75, 3.05) is 6.61 Å². The zero-order valence-corrected chi connectivity index (χ0v) is 18.9. The van der Waals surface area contributed by atoms with Gasteiger partial charge in [0.2, 0.25) is 0 Å². The number of hydrogen-bond acceptors (Lipinski definition) is 3. The maximum atomic E-state index is 10.1. The number of carbonyl (C=O) groups excluding carboxylic acids is 1. The van der Waals surface area contributed by atoms with Crippen LogP contribution in [0.15, 0.2) is 12.7 Å². The van der Waals surface area contributed by atoms with Gasteiger partial charge in [0.25, 0.3) is 0 Å². The molecule has 96 valence electrons. The van der Waals surface area contributed by atoms with E-state index in [1.807, 2.05) is 0 Å². The van der Waals surface area contributed by atoms with E-state index in [2.05, 4.69) is 31.0 Å². The van der Waals surface area contributed by atoms with Crippen LogP contribution in [0.4, 0.5) is 0 Å². The first-order valence-corrected chi connectivity index (χ1v) is 22.0. The van der Waals surface area contributed by atoms with Crippen molar-refractivity contribution in [3.63, 3.8) is 0 Å². The molecule has 0 rings (SSSR count). The smallest absolute Gasteiger partial charge is 0.330 e. The van der Waals surface area contributed by atoms with Crippen molar-refractivity contribution in [1.29, 1.82) is 0 Å². The third-order valence-corrected chi connectivity index (χ3v) is 65.9. The molecule has 0 bridgehead atoms. The topological polar surface area (TPSA) is 46.5 Å². The van der Waals surface area contributed by atoms with E-state index in [1.165, 1.54) is 19.5 Å². The van der Waals surface area contributed by atoms with Crippen LogP contribution < -0.4 is 0 Å². The van der Waals surface area contributed by atoms with Gasteiger partial charge in [-0.1, -0.05) is 26.2 Å². The van der Waals surface area contributed by atoms with Gasteiger partial charge in [0.15, 0.2) is 0 Å². The quantitative estimate of drug-likeness (QED) is 0.367. The van der Waals surface area contributed by atoms with Gasteiger partial charge in [-0.15, -0.1) is 0 Å². The van der Waals surface area contributed by atoms with Gasteiger partial charge >= 0.3 is 5.97 Å². The normalized spacial score (nSPS) is 15.3. The van der Waals surface area contributed by atoms with Crippen LogP contribution in [0.3, 0.4) is 0 Å². The van der Waals surface area contributed by atoms with Crippen molar-refractivity contribution in [2.45, 2.75) is 26.6 Å². The van der Waals surface area contributed by atoms with E-state index in [4.69, 9.17) is 0 Å². The fourth-order valence-electron chi connectivity index (χ4n) is 0.438. The molecule has 0 atom stereocenters. The molecule has 0 fully saturated rings. The summed E-state index contributed by atoms with van der Waals surface area (Å²) in [5, 5.41) is 0. The van der Waals surface area contributed by atoms with Crippen molar-refractivity contribution < 1.29 is 14.3 Å². The fourth-order valence-corrected chi connectivity index (χ4v) is 6.60. The summed E-state index contributed by atoms with van der Waals surface area (Å²) in [5.74, 6) is -0.359. The van der Waals surface area contributed by atoms with Crippen molar-refractivity contribution >= 4 is 48.5 Å². The lowest BCUT2D eigenvalue weighted by molar-refractivity contribution is -0.137. The summed E-state index contributed by atoms with van der Waals surface area (Å²) < 4.78 is 4.43. The highest BCUT2D eigenvalue weighted by molar-refractivity contribution is 7.87. The molecule has 3 nitrogen and oxygen atoms in total. The zero-order chi connectivity index (χ0) is 13.4. The van der Waals surface area contributed by atoms with Crippen LogP contribution in [0.2, 0.25) is 19.6 Å². The van der Waals surface area contributed by atoms with Crippen LogP contribution in [-0.2, 0) is 9.53 Å². The summed E-state index contributed by atoms with van der Waals surface area (Å²) in [7, 11) is 1.41. The molecule has 0 aliphatic rings. The van der Waals surface area contributed by atoms with Gasteiger partial charge in [-0.2, -0.15) is 0 Å². The highest BCUT2D eigenvalue weighted by Gasteiger charge is 2.35. The Hall–Kier alpha value is 0.254. The second-order valence-electron chi connectivity index (χ2n) is 5.25. The lowest BCUT2D eigenvalue weighted by atomic mass is 10.6. The summed E-state index contributed by atoms with van der Waals surface area (Å²) in [5.41, 5.74) is 0. The third kappa shape index (κ3) is 8.41. The molecule has 0 saturated carbocycles. The largest absolute Gasteiger partial charge is 0.463 e. The first-order chi connectivity index (χ1) is 7.12. The van der Waals surface area contributed by atoms with Crippen LogP contribution in [0, 0.1) is 0 Å². The van der Waals surface area contributed by atoms with Crippen LogP contribution in [0.25, 0.3) is 0 Å². The minimum Gasteiger partial charge on any atom is -0.463 e. The molecule has 0 aromatic carbocycles. The lowest BCUT2D eigenvalue weighted by Crippen LogP contribution is -2.64. The van der Waals surface area contributed by atoms with Crippen molar-refractivity contribution in [3.8, 4) is 0 Å². The minimum atomic E-state index is -0.811. The number of carbonyl (C=O) groups is 1. The van der Waals surface area contributed by atoms with Crippen LogP contribution in [0.1, 0.15) is 6.92 Å². The highest BCUT2D eigenvalue weighted by Crippen LogP contribution is 2.09. The third-order valence-electron chi connectivity index (χ3n) is 2.88. The van der Waals surface area contributed by atoms with E-state index in [0.717, 1.165) is 6.08 Å². The number of hydrogen-bond donors (Lipinski definition) is 1. The van der Waals surface area contributed by atoms with E-state index in [9.17, 15) is 9.59 Å². The van der Waals surface area contributed by atoms with E-state index in [0.29, 0.717) is 6.61 Å². The molecule has 0 heterocycles. The second kappa shape index (κ2) is 8.36. The first-order valence-electron chi connectivity index (χ1n) is 5.52. The fraction of sp³-hybridized carbons (Fsp3) is 0.625. The van der Waals surface area contributed by atoms with E-state index >= 15 is 0 Å². The van der Waals surface area contributed by atoms with Crippen molar-refractivity contribution in [3.05, 3.63) is 12.7 Å². The highest BCUT2D eigenvalue weighted by atomic mass is 30.1. The predicted octanol–water partition coefficient (Wildman–Crippen LogP) is -2.12.